The zero-order valence-corrected chi connectivity index (χ0v) is 9.85. The number of piperidine rings is 1. The van der Waals surface area contributed by atoms with Crippen molar-refractivity contribution in [2.75, 3.05) is 13.1 Å². The van der Waals surface area contributed by atoms with Crippen molar-refractivity contribution in [3.05, 3.63) is 18.0 Å². The SMILES string of the molecule is O=C(O)C1CCN(C(=O)c2ccon2)CC1C(=O)O. The van der Waals surface area contributed by atoms with Crippen molar-refractivity contribution in [2.45, 2.75) is 6.42 Å². The van der Waals surface area contributed by atoms with E-state index in [9.17, 15) is 14.4 Å². The summed E-state index contributed by atoms with van der Waals surface area (Å²) in [6, 6.07) is 1.38. The lowest BCUT2D eigenvalue weighted by Gasteiger charge is -2.34. The van der Waals surface area contributed by atoms with Crippen molar-refractivity contribution in [1.29, 1.82) is 0 Å². The Bertz CT molecular complexity index is 497. The van der Waals surface area contributed by atoms with Crippen molar-refractivity contribution in [2.24, 2.45) is 11.8 Å². The number of carbonyl (C=O) groups is 3. The predicted molar refractivity (Wildman–Crippen MR) is 59.3 cm³/mol. The van der Waals surface area contributed by atoms with Crippen LogP contribution in [0.3, 0.4) is 0 Å². The zero-order valence-electron chi connectivity index (χ0n) is 9.85. The van der Waals surface area contributed by atoms with Crippen LogP contribution < -0.4 is 0 Å². The van der Waals surface area contributed by atoms with Crippen molar-refractivity contribution in [3.63, 3.8) is 0 Å². The van der Waals surface area contributed by atoms with Crippen LogP contribution in [0, 0.1) is 11.8 Å². The van der Waals surface area contributed by atoms with Gasteiger partial charge in [0.2, 0.25) is 0 Å². The van der Waals surface area contributed by atoms with Gasteiger partial charge in [-0.25, -0.2) is 0 Å². The first-order chi connectivity index (χ1) is 9.00. The Labute approximate surface area is 107 Å². The number of hydrogen-bond donors (Lipinski definition) is 2. The van der Waals surface area contributed by atoms with Crippen LogP contribution in [0.5, 0.6) is 0 Å². The van der Waals surface area contributed by atoms with Gasteiger partial charge < -0.3 is 19.6 Å². The molecule has 0 spiro atoms. The van der Waals surface area contributed by atoms with Crippen LogP contribution in [-0.4, -0.2) is 51.2 Å². The van der Waals surface area contributed by atoms with Gasteiger partial charge in [0.15, 0.2) is 5.69 Å². The molecule has 8 heteroatoms. The summed E-state index contributed by atoms with van der Waals surface area (Å²) in [5.41, 5.74) is 0.0814. The Morgan fingerprint density at radius 2 is 1.95 bits per heavy atom. The molecule has 1 aromatic heterocycles. The summed E-state index contributed by atoms with van der Waals surface area (Å²) in [7, 11) is 0. The summed E-state index contributed by atoms with van der Waals surface area (Å²) in [5, 5.41) is 21.5. The molecule has 1 aliphatic heterocycles. The molecule has 1 saturated heterocycles. The number of nitrogens with zero attached hydrogens (tertiary/aromatic N) is 2. The standard InChI is InChI=1S/C11H12N2O6/c14-9(8-2-4-19-12-8)13-3-1-6(10(15)16)7(5-13)11(17)18/h2,4,6-7H,1,3,5H2,(H,15,16)(H,17,18). The van der Waals surface area contributed by atoms with Gasteiger partial charge in [0, 0.05) is 19.2 Å². The van der Waals surface area contributed by atoms with Crippen molar-refractivity contribution >= 4 is 17.8 Å². The van der Waals surface area contributed by atoms with Crippen molar-refractivity contribution in [1.82, 2.24) is 10.1 Å². The molecule has 0 saturated carbocycles. The summed E-state index contributed by atoms with van der Waals surface area (Å²) in [5.74, 6) is -4.91. The van der Waals surface area contributed by atoms with Crippen LogP contribution in [-0.2, 0) is 9.59 Å². The molecule has 102 valence electrons. The molecule has 1 fully saturated rings. The van der Waals surface area contributed by atoms with Gasteiger partial charge in [-0.05, 0) is 6.42 Å². The fraction of sp³-hybridized carbons (Fsp3) is 0.455. The molecule has 2 heterocycles. The maximum absolute atomic E-state index is 12.0. The van der Waals surface area contributed by atoms with E-state index in [4.69, 9.17) is 10.2 Å². The number of aromatic nitrogens is 1. The molecular weight excluding hydrogens is 256 g/mol. The van der Waals surface area contributed by atoms with Crippen LogP contribution in [0.4, 0.5) is 0 Å². The van der Waals surface area contributed by atoms with Crippen LogP contribution in [0.25, 0.3) is 0 Å². The quantitative estimate of drug-likeness (QED) is 0.786. The molecule has 0 aromatic carbocycles. The van der Waals surface area contributed by atoms with Crippen LogP contribution in [0.1, 0.15) is 16.9 Å². The van der Waals surface area contributed by atoms with Crippen molar-refractivity contribution in [3.8, 4) is 0 Å². The number of amides is 1. The highest BCUT2D eigenvalue weighted by Crippen LogP contribution is 2.25. The molecular formula is C11H12N2O6. The molecule has 2 N–H and O–H groups in total. The summed E-state index contributed by atoms with van der Waals surface area (Å²) in [4.78, 5) is 35.3. The predicted octanol–water partition coefficient (Wildman–Crippen LogP) is -0.0779. The lowest BCUT2D eigenvalue weighted by molar-refractivity contribution is -0.156. The highest BCUT2D eigenvalue weighted by Gasteiger charge is 2.40. The van der Waals surface area contributed by atoms with E-state index in [0.717, 1.165) is 0 Å². The Kier molecular flexibility index (Phi) is 3.50. The molecule has 2 unspecified atom stereocenters. The first-order valence-electron chi connectivity index (χ1n) is 5.66. The van der Waals surface area contributed by atoms with E-state index in [1.54, 1.807) is 0 Å². The molecule has 2 atom stereocenters. The smallest absolute Gasteiger partial charge is 0.309 e. The summed E-state index contributed by atoms with van der Waals surface area (Å²) < 4.78 is 4.55. The van der Waals surface area contributed by atoms with Gasteiger partial charge >= 0.3 is 11.9 Å². The average molecular weight is 268 g/mol. The first kappa shape index (κ1) is 13.1. The monoisotopic (exact) mass is 268 g/mol. The minimum absolute atomic E-state index is 0.0814. The Morgan fingerprint density at radius 1 is 1.26 bits per heavy atom. The topological polar surface area (TPSA) is 121 Å². The third-order valence-electron chi connectivity index (χ3n) is 3.19. The maximum atomic E-state index is 12.0. The summed E-state index contributed by atoms with van der Waals surface area (Å²) in [6.07, 6.45) is 1.35. The Hall–Kier alpha value is -2.38. The van der Waals surface area contributed by atoms with Gasteiger partial charge in [-0.15, -0.1) is 0 Å². The van der Waals surface area contributed by atoms with Crippen LogP contribution in [0.15, 0.2) is 16.9 Å². The fourth-order valence-electron chi connectivity index (χ4n) is 2.17. The van der Waals surface area contributed by atoms with E-state index < -0.39 is 29.7 Å². The third kappa shape index (κ3) is 2.56. The third-order valence-corrected chi connectivity index (χ3v) is 3.19. The second-order valence-electron chi connectivity index (χ2n) is 4.31. The number of likely N-dealkylation sites (tertiary alicyclic amines) is 1. The number of aliphatic carboxylic acids is 2. The van der Waals surface area contributed by atoms with E-state index >= 15 is 0 Å². The van der Waals surface area contributed by atoms with E-state index in [2.05, 4.69) is 9.68 Å². The second-order valence-corrected chi connectivity index (χ2v) is 4.31. The average Bonchev–Trinajstić information content (AvgIpc) is 2.90. The minimum Gasteiger partial charge on any atom is -0.481 e. The fourth-order valence-corrected chi connectivity index (χ4v) is 2.17. The van der Waals surface area contributed by atoms with Crippen LogP contribution >= 0.6 is 0 Å². The second kappa shape index (κ2) is 5.09. The normalized spacial score (nSPS) is 23.1. The van der Waals surface area contributed by atoms with E-state index in [-0.39, 0.29) is 25.2 Å². The molecule has 0 aliphatic carbocycles. The van der Waals surface area contributed by atoms with Gasteiger partial charge in [0.1, 0.15) is 6.26 Å². The molecule has 19 heavy (non-hydrogen) atoms. The molecule has 0 radical (unpaired) electrons. The Morgan fingerprint density at radius 3 is 2.47 bits per heavy atom. The lowest BCUT2D eigenvalue weighted by Crippen LogP contribution is -2.48. The number of carbonyl (C=O) groups excluding carboxylic acids is 1. The molecule has 1 aliphatic rings. The number of carboxylic acid groups (broad SMARTS) is 2. The molecule has 8 nitrogen and oxygen atoms in total. The summed E-state index contributed by atoms with van der Waals surface area (Å²) >= 11 is 0. The molecule has 2 rings (SSSR count). The maximum Gasteiger partial charge on any atom is 0.309 e. The number of rotatable bonds is 3. The molecule has 1 aromatic rings. The highest BCUT2D eigenvalue weighted by molar-refractivity contribution is 5.93. The van der Waals surface area contributed by atoms with Gasteiger partial charge in [0.25, 0.3) is 5.91 Å². The van der Waals surface area contributed by atoms with Gasteiger partial charge in [-0.1, -0.05) is 5.16 Å². The Balaban J connectivity index is 2.13. The molecule has 0 bridgehead atoms. The largest absolute Gasteiger partial charge is 0.481 e. The van der Waals surface area contributed by atoms with E-state index in [1.165, 1.54) is 17.2 Å². The van der Waals surface area contributed by atoms with Gasteiger partial charge in [-0.3, -0.25) is 14.4 Å². The zero-order chi connectivity index (χ0) is 14.0. The first-order valence-corrected chi connectivity index (χ1v) is 5.66. The molecule has 1 amide bonds. The van der Waals surface area contributed by atoms with Gasteiger partial charge in [-0.2, -0.15) is 0 Å². The highest BCUT2D eigenvalue weighted by atomic mass is 16.5. The van der Waals surface area contributed by atoms with Crippen molar-refractivity contribution < 1.29 is 29.1 Å². The van der Waals surface area contributed by atoms with Gasteiger partial charge in [0.05, 0.1) is 11.8 Å². The van der Waals surface area contributed by atoms with E-state index in [0.29, 0.717) is 0 Å². The van der Waals surface area contributed by atoms with E-state index in [1.807, 2.05) is 0 Å². The lowest BCUT2D eigenvalue weighted by atomic mass is 9.85. The number of carboxylic acids is 2. The minimum atomic E-state index is -1.22. The van der Waals surface area contributed by atoms with Crippen LogP contribution in [0.2, 0.25) is 0 Å². The number of hydrogen-bond acceptors (Lipinski definition) is 5. The summed E-state index contributed by atoms with van der Waals surface area (Å²) in [6.45, 7) is 0.0461.